The van der Waals surface area contributed by atoms with E-state index in [0.717, 1.165) is 35.9 Å². The summed E-state index contributed by atoms with van der Waals surface area (Å²) in [7, 11) is 0. The van der Waals surface area contributed by atoms with Crippen molar-refractivity contribution in [3.8, 4) is 5.75 Å². The molecule has 1 heterocycles. The van der Waals surface area contributed by atoms with Gasteiger partial charge < -0.3 is 15.4 Å². The molecule has 0 atom stereocenters. The zero-order valence-electron chi connectivity index (χ0n) is 22.1. The zero-order valence-corrected chi connectivity index (χ0v) is 22.9. The van der Waals surface area contributed by atoms with Crippen molar-refractivity contribution in [2.45, 2.75) is 33.1 Å². The molecule has 2 N–H and O–H groups in total. The molecule has 0 aliphatic carbocycles. The summed E-state index contributed by atoms with van der Waals surface area (Å²) in [6.45, 7) is 5.20. The predicted octanol–water partition coefficient (Wildman–Crippen LogP) is 6.85. The van der Waals surface area contributed by atoms with Gasteiger partial charge in [0.15, 0.2) is 5.17 Å². The Balaban J connectivity index is 1.40. The van der Waals surface area contributed by atoms with Crippen LogP contribution in [-0.4, -0.2) is 42.2 Å². The van der Waals surface area contributed by atoms with Crippen molar-refractivity contribution in [2.24, 2.45) is 25.9 Å². The van der Waals surface area contributed by atoms with Crippen LogP contribution in [0.2, 0.25) is 0 Å². The molecule has 4 rings (SSSR count). The molecule has 0 aromatic heterocycles. The van der Waals surface area contributed by atoms with Crippen molar-refractivity contribution in [3.05, 3.63) is 89.0 Å². The Kier molecular flexibility index (Phi) is 9.60. The van der Waals surface area contributed by atoms with Crippen LogP contribution in [-0.2, 0) is 6.42 Å². The van der Waals surface area contributed by atoms with Crippen molar-refractivity contribution in [1.82, 2.24) is 0 Å². The van der Waals surface area contributed by atoms with E-state index in [4.69, 9.17) is 5.73 Å². The second-order valence-corrected chi connectivity index (χ2v) is 9.90. The number of nitrogens with zero attached hydrogens (tertiary/aromatic N) is 5. The number of amidine groups is 2. The molecule has 3 aromatic rings. The van der Waals surface area contributed by atoms with Gasteiger partial charge in [-0.15, -0.1) is 18.3 Å². The van der Waals surface area contributed by atoms with Crippen LogP contribution in [0.4, 0.5) is 24.5 Å². The van der Waals surface area contributed by atoms with E-state index in [-0.39, 0.29) is 11.6 Å². The van der Waals surface area contributed by atoms with Crippen molar-refractivity contribution in [1.29, 1.82) is 0 Å². The van der Waals surface area contributed by atoms with Gasteiger partial charge in [-0.25, -0.2) is 9.98 Å². The molecule has 208 valence electrons. The number of para-hydroxylation sites is 1. The Morgan fingerprint density at radius 2 is 1.82 bits per heavy atom. The third-order valence-electron chi connectivity index (χ3n) is 5.99. The topological polar surface area (TPSA) is 87.9 Å². The molecule has 11 heteroatoms. The fourth-order valence-corrected chi connectivity index (χ4v) is 4.99. The first-order chi connectivity index (χ1) is 19.2. The van der Waals surface area contributed by atoms with Crippen LogP contribution >= 0.6 is 11.8 Å². The first-order valence-corrected chi connectivity index (χ1v) is 13.6. The van der Waals surface area contributed by atoms with E-state index in [9.17, 15) is 13.2 Å². The highest BCUT2D eigenvalue weighted by Crippen LogP contribution is 2.31. The maximum absolute atomic E-state index is 12.3. The van der Waals surface area contributed by atoms with Gasteiger partial charge in [-0.1, -0.05) is 61.2 Å². The van der Waals surface area contributed by atoms with Gasteiger partial charge in [-0.05, 0) is 60.7 Å². The Morgan fingerprint density at radius 3 is 2.52 bits per heavy atom. The molecule has 3 aromatic carbocycles. The van der Waals surface area contributed by atoms with Gasteiger partial charge in [0.05, 0.1) is 11.9 Å². The van der Waals surface area contributed by atoms with E-state index in [1.54, 1.807) is 18.0 Å². The largest absolute Gasteiger partial charge is 0.573 e. The number of aryl methyl sites for hydroxylation is 2. The van der Waals surface area contributed by atoms with Gasteiger partial charge in [-0.3, -0.25) is 0 Å². The minimum absolute atomic E-state index is 0.240. The molecule has 1 saturated heterocycles. The summed E-state index contributed by atoms with van der Waals surface area (Å²) in [5.74, 6) is 0.923. The van der Waals surface area contributed by atoms with Crippen LogP contribution in [0.25, 0.3) is 0 Å². The number of thioether (sulfide) groups is 1. The summed E-state index contributed by atoms with van der Waals surface area (Å²) in [4.78, 5) is 10.5. The first kappa shape index (κ1) is 28.9. The molecule has 1 aliphatic rings. The monoisotopic (exact) mass is 566 g/mol. The Labute approximate surface area is 235 Å². The van der Waals surface area contributed by atoms with Gasteiger partial charge in [0.2, 0.25) is 0 Å². The predicted molar refractivity (Wildman–Crippen MR) is 158 cm³/mol. The van der Waals surface area contributed by atoms with E-state index in [1.807, 2.05) is 24.3 Å². The quantitative estimate of drug-likeness (QED) is 0.183. The molecule has 7 nitrogen and oxygen atoms in total. The maximum atomic E-state index is 12.3. The molecule has 0 amide bonds. The lowest BCUT2D eigenvalue weighted by atomic mass is 10.0. The standard InChI is InChI=1S/C29H29F3N6OS/c1-3-22-7-4-6-20(2)26(22)38-16-5-17-40-28(38)37-36-18-21-8-10-23(11-9-21)27(33)35-19-34-24-12-14-25(15-13-24)39-29(30,31)32/h4,6-15,18-19H,3,5,16-17H2,1-2H3,(H2,33,34,35)/b36-18+,37-28-. The number of ether oxygens (including phenoxy) is 1. The van der Waals surface area contributed by atoms with Gasteiger partial charge in [0, 0.05) is 23.5 Å². The lowest BCUT2D eigenvalue weighted by Gasteiger charge is -2.31. The molecule has 40 heavy (non-hydrogen) atoms. The molecule has 0 radical (unpaired) electrons. The van der Waals surface area contributed by atoms with E-state index in [0.29, 0.717) is 11.3 Å². The van der Waals surface area contributed by atoms with Crippen LogP contribution in [0.1, 0.15) is 35.6 Å². The zero-order chi connectivity index (χ0) is 28.5. The van der Waals surface area contributed by atoms with Gasteiger partial charge in [0.1, 0.15) is 17.9 Å². The second kappa shape index (κ2) is 13.3. The average Bonchev–Trinajstić information content (AvgIpc) is 2.94. The van der Waals surface area contributed by atoms with Crippen molar-refractivity contribution in [3.63, 3.8) is 0 Å². The molecule has 0 unspecified atom stereocenters. The number of hydrogen-bond acceptors (Lipinski definition) is 5. The van der Waals surface area contributed by atoms with Crippen LogP contribution in [0.5, 0.6) is 5.75 Å². The second-order valence-electron chi connectivity index (χ2n) is 8.84. The summed E-state index contributed by atoms with van der Waals surface area (Å²) < 4.78 is 40.6. The van der Waals surface area contributed by atoms with Crippen LogP contribution in [0, 0.1) is 6.92 Å². The summed E-state index contributed by atoms with van der Waals surface area (Å²) in [6, 6.07) is 18.9. The maximum Gasteiger partial charge on any atom is 0.573 e. The number of aliphatic imine (C=N–C) groups is 2. The minimum atomic E-state index is -4.74. The van der Waals surface area contributed by atoms with E-state index in [2.05, 4.69) is 61.9 Å². The van der Waals surface area contributed by atoms with E-state index < -0.39 is 6.36 Å². The van der Waals surface area contributed by atoms with Crippen LogP contribution in [0.15, 0.2) is 86.9 Å². The number of anilines is 1. The minimum Gasteiger partial charge on any atom is -0.406 e. The number of hydrogen-bond donors (Lipinski definition) is 1. The molecule has 1 aliphatic heterocycles. The number of alkyl halides is 3. The highest BCUT2D eigenvalue weighted by atomic mass is 32.2. The number of halogens is 3. The van der Waals surface area contributed by atoms with Gasteiger partial charge in [-0.2, -0.15) is 5.10 Å². The third kappa shape index (κ3) is 7.95. The van der Waals surface area contributed by atoms with Crippen LogP contribution < -0.4 is 15.4 Å². The highest BCUT2D eigenvalue weighted by Gasteiger charge is 2.31. The summed E-state index contributed by atoms with van der Waals surface area (Å²) in [5.41, 5.74) is 11.8. The van der Waals surface area contributed by atoms with E-state index >= 15 is 0 Å². The number of nitrogens with two attached hydrogens (primary N) is 1. The molecule has 0 spiro atoms. The van der Waals surface area contributed by atoms with Crippen molar-refractivity contribution >= 4 is 46.7 Å². The molecule has 0 saturated carbocycles. The lowest BCUT2D eigenvalue weighted by molar-refractivity contribution is -0.274. The fraction of sp³-hybridized carbons (Fsp3) is 0.241. The number of benzene rings is 3. The smallest absolute Gasteiger partial charge is 0.406 e. The Morgan fingerprint density at radius 1 is 1.07 bits per heavy atom. The molecule has 0 bridgehead atoms. The third-order valence-corrected chi connectivity index (χ3v) is 7.04. The van der Waals surface area contributed by atoms with E-state index in [1.165, 1.54) is 47.4 Å². The van der Waals surface area contributed by atoms with Crippen molar-refractivity contribution < 1.29 is 17.9 Å². The Hall–Kier alpha value is -4.12. The fourth-order valence-electron chi connectivity index (χ4n) is 4.09. The lowest BCUT2D eigenvalue weighted by Crippen LogP contribution is -2.35. The first-order valence-electron chi connectivity index (χ1n) is 12.7. The van der Waals surface area contributed by atoms with Crippen molar-refractivity contribution in [2.75, 3.05) is 17.2 Å². The summed E-state index contributed by atoms with van der Waals surface area (Å²) in [5, 5.41) is 9.79. The summed E-state index contributed by atoms with van der Waals surface area (Å²) >= 11 is 1.71. The SMILES string of the molecule is CCc1cccc(C)c1N1CCCS/C1=N\N=C\c1ccc(C(N)=NC=Nc2ccc(OC(F)(F)F)cc2)cc1. The van der Waals surface area contributed by atoms with Gasteiger partial charge >= 0.3 is 6.36 Å². The average molecular weight is 567 g/mol. The van der Waals surface area contributed by atoms with Gasteiger partial charge in [0.25, 0.3) is 0 Å². The summed E-state index contributed by atoms with van der Waals surface area (Å²) in [6.07, 6.45) is 0.237. The highest BCUT2D eigenvalue weighted by molar-refractivity contribution is 8.14. The number of rotatable bonds is 8. The molecular weight excluding hydrogens is 537 g/mol. The normalized spacial score (nSPS) is 15.9. The molecule has 1 fully saturated rings. The van der Waals surface area contributed by atoms with Crippen LogP contribution in [0.3, 0.4) is 0 Å². The Bertz CT molecular complexity index is 1420. The molecular formula is C29H29F3N6OS.